The van der Waals surface area contributed by atoms with Gasteiger partial charge in [0, 0.05) is 0 Å². The van der Waals surface area contributed by atoms with Crippen molar-refractivity contribution in [1.29, 1.82) is 0 Å². The van der Waals surface area contributed by atoms with Gasteiger partial charge in [-0.2, -0.15) is 0 Å². The molecular weight excluding hydrogens is 220 g/mol. The van der Waals surface area contributed by atoms with Crippen LogP contribution in [0.15, 0.2) is 48.5 Å². The van der Waals surface area contributed by atoms with Crippen molar-refractivity contribution in [3.63, 3.8) is 0 Å². The van der Waals surface area contributed by atoms with Crippen LogP contribution in [-0.2, 0) is 5.60 Å². The molecule has 94 valence electrons. The Labute approximate surface area is 109 Å². The lowest BCUT2D eigenvalue weighted by molar-refractivity contribution is 0.0758. The highest BCUT2D eigenvalue weighted by atomic mass is 16.3. The topological polar surface area (TPSA) is 20.2 Å². The fourth-order valence-corrected chi connectivity index (χ4v) is 2.45. The number of aliphatic hydroxyl groups is 1. The van der Waals surface area contributed by atoms with E-state index in [1.165, 1.54) is 5.56 Å². The fourth-order valence-electron chi connectivity index (χ4n) is 2.45. The Bertz CT molecular complexity index is 531. The third-order valence-corrected chi connectivity index (χ3v) is 3.60. The molecule has 0 fully saturated rings. The lowest BCUT2D eigenvalue weighted by Crippen LogP contribution is -2.27. The molecule has 0 aliphatic rings. The van der Waals surface area contributed by atoms with Gasteiger partial charge in [0.25, 0.3) is 0 Å². The van der Waals surface area contributed by atoms with E-state index in [-0.39, 0.29) is 0 Å². The normalized spacial score (nSPS) is 14.2. The first-order valence-electron chi connectivity index (χ1n) is 6.43. The standard InChI is InChI=1S/C17H20O/c1-4-17(18,15-8-6-5-7-9-15)16-12-13(2)10-11-14(16)3/h5-12,18H,4H2,1-3H3. The van der Waals surface area contributed by atoms with Crippen molar-refractivity contribution < 1.29 is 5.11 Å². The average Bonchev–Trinajstić information content (AvgIpc) is 2.41. The van der Waals surface area contributed by atoms with Crippen LogP contribution < -0.4 is 0 Å². The molecule has 1 nitrogen and oxygen atoms in total. The maximum absolute atomic E-state index is 11.1. The molecule has 18 heavy (non-hydrogen) atoms. The zero-order valence-electron chi connectivity index (χ0n) is 11.3. The van der Waals surface area contributed by atoms with Gasteiger partial charge in [-0.25, -0.2) is 0 Å². The summed E-state index contributed by atoms with van der Waals surface area (Å²) >= 11 is 0. The van der Waals surface area contributed by atoms with E-state index in [2.05, 4.69) is 32.0 Å². The molecule has 2 rings (SSSR count). The first kappa shape index (κ1) is 12.8. The minimum atomic E-state index is -0.892. The zero-order valence-corrected chi connectivity index (χ0v) is 11.3. The number of benzene rings is 2. The van der Waals surface area contributed by atoms with Crippen LogP contribution >= 0.6 is 0 Å². The smallest absolute Gasteiger partial charge is 0.115 e. The van der Waals surface area contributed by atoms with Crippen molar-refractivity contribution in [3.8, 4) is 0 Å². The van der Waals surface area contributed by atoms with Crippen molar-refractivity contribution in [2.24, 2.45) is 0 Å². The third-order valence-electron chi connectivity index (χ3n) is 3.60. The van der Waals surface area contributed by atoms with Crippen molar-refractivity contribution >= 4 is 0 Å². The molecule has 2 aromatic carbocycles. The predicted octanol–water partition coefficient (Wildman–Crippen LogP) is 3.95. The van der Waals surface area contributed by atoms with Gasteiger partial charge in [0.05, 0.1) is 0 Å². The first-order valence-corrected chi connectivity index (χ1v) is 6.43. The summed E-state index contributed by atoms with van der Waals surface area (Å²) in [5.41, 5.74) is 3.39. The summed E-state index contributed by atoms with van der Waals surface area (Å²) in [6.07, 6.45) is 0.668. The molecule has 0 bridgehead atoms. The fraction of sp³-hybridized carbons (Fsp3) is 0.294. The van der Waals surface area contributed by atoms with Crippen molar-refractivity contribution in [1.82, 2.24) is 0 Å². The van der Waals surface area contributed by atoms with E-state index in [9.17, 15) is 5.11 Å². The van der Waals surface area contributed by atoms with E-state index in [1.807, 2.05) is 37.3 Å². The molecule has 0 spiro atoms. The van der Waals surface area contributed by atoms with Crippen molar-refractivity contribution in [2.75, 3.05) is 0 Å². The maximum Gasteiger partial charge on any atom is 0.115 e. The highest BCUT2D eigenvalue weighted by molar-refractivity contribution is 5.42. The lowest BCUT2D eigenvalue weighted by Gasteiger charge is -2.30. The van der Waals surface area contributed by atoms with Crippen LogP contribution in [0.4, 0.5) is 0 Å². The molecule has 0 saturated carbocycles. The van der Waals surface area contributed by atoms with Gasteiger partial charge in [-0.1, -0.05) is 61.0 Å². The second-order valence-corrected chi connectivity index (χ2v) is 4.90. The first-order chi connectivity index (χ1) is 8.58. The molecule has 0 saturated heterocycles. The molecule has 0 amide bonds. The van der Waals surface area contributed by atoms with Crippen LogP contribution in [-0.4, -0.2) is 5.11 Å². The summed E-state index contributed by atoms with van der Waals surface area (Å²) in [6, 6.07) is 16.2. The maximum atomic E-state index is 11.1. The SMILES string of the molecule is CCC(O)(c1ccccc1)c1cc(C)ccc1C. The Balaban J connectivity index is 2.60. The molecule has 0 radical (unpaired) electrons. The van der Waals surface area contributed by atoms with E-state index < -0.39 is 5.60 Å². The molecule has 1 atom stereocenters. The average molecular weight is 240 g/mol. The summed E-state index contributed by atoms with van der Waals surface area (Å²) in [4.78, 5) is 0. The quantitative estimate of drug-likeness (QED) is 0.861. The lowest BCUT2D eigenvalue weighted by atomic mass is 9.81. The second-order valence-electron chi connectivity index (χ2n) is 4.90. The van der Waals surface area contributed by atoms with E-state index >= 15 is 0 Å². The van der Waals surface area contributed by atoms with Gasteiger partial charge in [0.15, 0.2) is 0 Å². The number of hydrogen-bond donors (Lipinski definition) is 1. The molecule has 0 heterocycles. The van der Waals surface area contributed by atoms with Crippen LogP contribution in [0.3, 0.4) is 0 Å². The Kier molecular flexibility index (Phi) is 3.53. The van der Waals surface area contributed by atoms with Crippen molar-refractivity contribution in [2.45, 2.75) is 32.8 Å². The third kappa shape index (κ3) is 2.19. The van der Waals surface area contributed by atoms with Gasteiger partial charge in [0.2, 0.25) is 0 Å². The van der Waals surface area contributed by atoms with Gasteiger partial charge in [-0.3, -0.25) is 0 Å². The summed E-state index contributed by atoms with van der Waals surface area (Å²) in [7, 11) is 0. The number of rotatable bonds is 3. The number of aryl methyl sites for hydroxylation is 2. The van der Waals surface area contributed by atoms with Crippen LogP contribution in [0.1, 0.15) is 35.6 Å². The molecule has 0 aromatic heterocycles. The van der Waals surface area contributed by atoms with Gasteiger partial charge in [-0.05, 0) is 37.0 Å². The highest BCUT2D eigenvalue weighted by Gasteiger charge is 2.30. The van der Waals surface area contributed by atoms with Gasteiger partial charge < -0.3 is 5.11 Å². The highest BCUT2D eigenvalue weighted by Crippen LogP contribution is 2.35. The summed E-state index contributed by atoms with van der Waals surface area (Å²) in [5, 5.41) is 11.1. The summed E-state index contributed by atoms with van der Waals surface area (Å²) in [5.74, 6) is 0. The van der Waals surface area contributed by atoms with Crippen molar-refractivity contribution in [3.05, 3.63) is 70.8 Å². The van der Waals surface area contributed by atoms with Gasteiger partial charge >= 0.3 is 0 Å². The van der Waals surface area contributed by atoms with Crippen LogP contribution in [0.25, 0.3) is 0 Å². The Morgan fingerprint density at radius 1 is 1.00 bits per heavy atom. The zero-order chi connectivity index (χ0) is 13.2. The largest absolute Gasteiger partial charge is 0.380 e. The molecule has 2 aromatic rings. The van der Waals surface area contributed by atoms with Gasteiger partial charge in [0.1, 0.15) is 5.60 Å². The van der Waals surface area contributed by atoms with Gasteiger partial charge in [-0.15, -0.1) is 0 Å². The minimum absolute atomic E-state index is 0.668. The Morgan fingerprint density at radius 2 is 1.67 bits per heavy atom. The predicted molar refractivity (Wildman–Crippen MR) is 75.6 cm³/mol. The second kappa shape index (κ2) is 4.95. The summed E-state index contributed by atoms with van der Waals surface area (Å²) in [6.45, 7) is 6.14. The Morgan fingerprint density at radius 3 is 2.28 bits per heavy atom. The van der Waals surface area contributed by atoms with E-state index in [1.54, 1.807) is 0 Å². The molecule has 1 unspecified atom stereocenters. The minimum Gasteiger partial charge on any atom is -0.380 e. The molecular formula is C17H20O. The molecule has 0 aliphatic carbocycles. The monoisotopic (exact) mass is 240 g/mol. The van der Waals surface area contributed by atoms with E-state index in [0.717, 1.165) is 16.7 Å². The van der Waals surface area contributed by atoms with Crippen LogP contribution in [0.2, 0.25) is 0 Å². The van der Waals surface area contributed by atoms with E-state index in [4.69, 9.17) is 0 Å². The Hall–Kier alpha value is -1.60. The van der Waals surface area contributed by atoms with Crippen LogP contribution in [0.5, 0.6) is 0 Å². The molecule has 1 heteroatoms. The molecule has 1 N–H and O–H groups in total. The number of hydrogen-bond acceptors (Lipinski definition) is 1. The summed E-state index contributed by atoms with van der Waals surface area (Å²) < 4.78 is 0. The van der Waals surface area contributed by atoms with Crippen LogP contribution in [0, 0.1) is 13.8 Å². The van der Waals surface area contributed by atoms with E-state index in [0.29, 0.717) is 6.42 Å². The molecule has 0 aliphatic heterocycles.